The van der Waals surface area contributed by atoms with E-state index in [-0.39, 0.29) is 20.5 Å². The standard InChI is InChI=1S/C16H11ClFN3O3S2/c1-9-6-11(18)8-12(7-9)19-15(22)14-16(25-21-20-14)26(23,24)13-4-2-10(17)3-5-13/h2-8H,1H3,(H,19,22). The molecule has 1 N–H and O–H groups in total. The molecule has 0 aliphatic heterocycles. The first-order valence-electron chi connectivity index (χ1n) is 7.19. The van der Waals surface area contributed by atoms with Gasteiger partial charge in [0.15, 0.2) is 9.90 Å². The fourth-order valence-corrected chi connectivity index (χ4v) is 4.64. The normalized spacial score (nSPS) is 11.3. The van der Waals surface area contributed by atoms with Crippen molar-refractivity contribution in [1.29, 1.82) is 0 Å². The van der Waals surface area contributed by atoms with E-state index >= 15 is 0 Å². The number of carbonyl (C=O) groups excluding carboxylic acids is 1. The van der Waals surface area contributed by atoms with Gasteiger partial charge in [0.05, 0.1) is 4.90 Å². The van der Waals surface area contributed by atoms with Gasteiger partial charge in [-0.1, -0.05) is 16.1 Å². The third kappa shape index (κ3) is 3.74. The molecule has 3 rings (SSSR count). The van der Waals surface area contributed by atoms with Gasteiger partial charge in [0.1, 0.15) is 5.82 Å². The molecule has 2 aromatic carbocycles. The first kappa shape index (κ1) is 18.4. The zero-order valence-electron chi connectivity index (χ0n) is 13.2. The van der Waals surface area contributed by atoms with Crippen molar-refractivity contribution in [1.82, 2.24) is 9.59 Å². The molecule has 0 fully saturated rings. The number of sulfone groups is 1. The van der Waals surface area contributed by atoms with Crippen LogP contribution in [0, 0.1) is 12.7 Å². The summed E-state index contributed by atoms with van der Waals surface area (Å²) in [4.78, 5) is 12.4. The van der Waals surface area contributed by atoms with Crippen LogP contribution in [0.4, 0.5) is 10.1 Å². The van der Waals surface area contributed by atoms with Crippen molar-refractivity contribution in [3.05, 3.63) is 64.6 Å². The van der Waals surface area contributed by atoms with Gasteiger partial charge in [-0.2, -0.15) is 0 Å². The zero-order chi connectivity index (χ0) is 18.9. The Kier molecular flexibility index (Phi) is 5.03. The van der Waals surface area contributed by atoms with Gasteiger partial charge in [0.2, 0.25) is 9.84 Å². The van der Waals surface area contributed by atoms with E-state index in [2.05, 4.69) is 14.9 Å². The van der Waals surface area contributed by atoms with Crippen molar-refractivity contribution < 1.29 is 17.6 Å². The number of aromatic nitrogens is 2. The Morgan fingerprint density at radius 2 is 1.88 bits per heavy atom. The number of amides is 1. The van der Waals surface area contributed by atoms with Crippen LogP contribution in [0.2, 0.25) is 5.02 Å². The molecule has 0 saturated heterocycles. The summed E-state index contributed by atoms with van der Waals surface area (Å²) >= 11 is 6.36. The van der Waals surface area contributed by atoms with Crippen molar-refractivity contribution in [2.45, 2.75) is 16.0 Å². The second kappa shape index (κ2) is 7.10. The number of hydrogen-bond donors (Lipinski definition) is 1. The molecule has 0 bridgehead atoms. The molecule has 3 aromatic rings. The number of benzene rings is 2. The maximum Gasteiger partial charge on any atom is 0.278 e. The van der Waals surface area contributed by atoms with E-state index in [1.165, 1.54) is 30.3 Å². The smallest absolute Gasteiger partial charge is 0.278 e. The lowest BCUT2D eigenvalue weighted by Gasteiger charge is -2.07. The van der Waals surface area contributed by atoms with Gasteiger partial charge >= 0.3 is 0 Å². The van der Waals surface area contributed by atoms with Crippen LogP contribution in [-0.4, -0.2) is 23.9 Å². The summed E-state index contributed by atoms with van der Waals surface area (Å²) in [5, 5.41) is 6.44. The van der Waals surface area contributed by atoms with E-state index in [9.17, 15) is 17.6 Å². The van der Waals surface area contributed by atoms with Crippen LogP contribution < -0.4 is 5.32 Å². The lowest BCUT2D eigenvalue weighted by molar-refractivity contribution is 0.101. The topological polar surface area (TPSA) is 89.0 Å². The Labute approximate surface area is 157 Å². The van der Waals surface area contributed by atoms with Gasteiger partial charge < -0.3 is 5.32 Å². The summed E-state index contributed by atoms with van der Waals surface area (Å²) in [5.41, 5.74) is 0.438. The summed E-state index contributed by atoms with van der Waals surface area (Å²) in [6, 6.07) is 9.49. The van der Waals surface area contributed by atoms with E-state index in [0.29, 0.717) is 22.1 Å². The monoisotopic (exact) mass is 411 g/mol. The van der Waals surface area contributed by atoms with Crippen LogP contribution in [-0.2, 0) is 9.84 Å². The minimum absolute atomic E-state index is 0.0383. The van der Waals surface area contributed by atoms with Gasteiger partial charge in [-0.05, 0) is 55.0 Å². The highest BCUT2D eigenvalue weighted by Gasteiger charge is 2.29. The van der Waals surface area contributed by atoms with Crippen LogP contribution >= 0.6 is 23.1 Å². The fourth-order valence-electron chi connectivity index (χ4n) is 2.22. The summed E-state index contributed by atoms with van der Waals surface area (Å²) in [5.74, 6) is -1.32. The number of rotatable bonds is 4. The molecule has 0 aliphatic rings. The number of nitrogens with zero attached hydrogens (tertiary/aromatic N) is 2. The third-order valence-electron chi connectivity index (χ3n) is 3.34. The Balaban J connectivity index is 1.95. The first-order valence-corrected chi connectivity index (χ1v) is 9.82. The largest absolute Gasteiger partial charge is 0.320 e. The van der Waals surface area contributed by atoms with Crippen LogP contribution in [0.5, 0.6) is 0 Å². The number of halogens is 2. The first-order chi connectivity index (χ1) is 12.3. The van der Waals surface area contributed by atoms with Crippen molar-refractivity contribution >= 4 is 44.6 Å². The summed E-state index contributed by atoms with van der Waals surface area (Å²) in [6.45, 7) is 1.67. The summed E-state index contributed by atoms with van der Waals surface area (Å²) < 4.78 is 42.2. The van der Waals surface area contributed by atoms with Crippen molar-refractivity contribution in [2.24, 2.45) is 0 Å². The van der Waals surface area contributed by atoms with Gasteiger partial charge in [-0.25, -0.2) is 12.8 Å². The van der Waals surface area contributed by atoms with Gasteiger partial charge in [0.25, 0.3) is 5.91 Å². The van der Waals surface area contributed by atoms with E-state index in [1.54, 1.807) is 13.0 Å². The maximum atomic E-state index is 13.5. The molecule has 0 radical (unpaired) electrons. The molecule has 0 unspecified atom stereocenters. The van der Waals surface area contributed by atoms with Crippen molar-refractivity contribution in [2.75, 3.05) is 5.32 Å². The van der Waals surface area contributed by atoms with Gasteiger partial charge in [0, 0.05) is 22.2 Å². The molecule has 134 valence electrons. The Bertz CT molecular complexity index is 1060. The second-order valence-corrected chi connectivity index (χ2v) is 8.67. The van der Waals surface area contributed by atoms with Gasteiger partial charge in [-0.15, -0.1) is 5.10 Å². The molecule has 1 amide bonds. The number of carbonyl (C=O) groups is 1. The highest BCUT2D eigenvalue weighted by Crippen LogP contribution is 2.27. The number of aryl methyl sites for hydroxylation is 1. The molecule has 1 aromatic heterocycles. The SMILES string of the molecule is Cc1cc(F)cc(NC(=O)c2nnsc2S(=O)(=O)c2ccc(Cl)cc2)c1. The summed E-state index contributed by atoms with van der Waals surface area (Å²) in [7, 11) is -4.00. The molecule has 6 nitrogen and oxygen atoms in total. The predicted molar refractivity (Wildman–Crippen MR) is 95.9 cm³/mol. The minimum Gasteiger partial charge on any atom is -0.320 e. The number of hydrogen-bond acceptors (Lipinski definition) is 6. The molecule has 26 heavy (non-hydrogen) atoms. The molecule has 1 heterocycles. The average Bonchev–Trinajstić information content (AvgIpc) is 3.05. The van der Waals surface area contributed by atoms with E-state index in [0.717, 1.165) is 6.07 Å². The number of nitrogens with one attached hydrogen (secondary N) is 1. The maximum absolute atomic E-state index is 13.5. The zero-order valence-corrected chi connectivity index (χ0v) is 15.6. The minimum atomic E-state index is -4.00. The molecule has 0 atom stereocenters. The fraction of sp³-hybridized carbons (Fsp3) is 0.0625. The van der Waals surface area contributed by atoms with Crippen LogP contribution in [0.25, 0.3) is 0 Å². The van der Waals surface area contributed by atoms with Crippen LogP contribution in [0.1, 0.15) is 16.1 Å². The lowest BCUT2D eigenvalue weighted by atomic mass is 10.2. The molecule has 0 saturated carbocycles. The average molecular weight is 412 g/mol. The van der Waals surface area contributed by atoms with E-state index < -0.39 is 21.6 Å². The molecular formula is C16H11ClFN3O3S2. The molecular weight excluding hydrogens is 401 g/mol. The van der Waals surface area contributed by atoms with Crippen molar-refractivity contribution in [3.63, 3.8) is 0 Å². The highest BCUT2D eigenvalue weighted by atomic mass is 35.5. The van der Waals surface area contributed by atoms with Gasteiger partial charge in [-0.3, -0.25) is 4.79 Å². The highest BCUT2D eigenvalue weighted by molar-refractivity contribution is 7.93. The van der Waals surface area contributed by atoms with E-state index in [4.69, 9.17) is 11.6 Å². The molecule has 0 spiro atoms. The Morgan fingerprint density at radius 3 is 2.54 bits per heavy atom. The molecule has 10 heteroatoms. The lowest BCUT2D eigenvalue weighted by Crippen LogP contribution is -2.16. The van der Waals surface area contributed by atoms with Crippen molar-refractivity contribution in [3.8, 4) is 0 Å². The molecule has 0 aliphatic carbocycles. The predicted octanol–water partition coefficient (Wildman–Crippen LogP) is 3.72. The third-order valence-corrected chi connectivity index (χ3v) is 6.57. The Hall–Kier alpha value is -2.36. The Morgan fingerprint density at radius 1 is 1.19 bits per heavy atom. The van der Waals surface area contributed by atoms with Crippen LogP contribution in [0.3, 0.4) is 0 Å². The number of anilines is 1. The quantitative estimate of drug-likeness (QED) is 0.706. The second-order valence-electron chi connectivity index (χ2n) is 5.34. The van der Waals surface area contributed by atoms with E-state index in [1.807, 2.05) is 0 Å². The summed E-state index contributed by atoms with van der Waals surface area (Å²) in [6.07, 6.45) is 0. The van der Waals surface area contributed by atoms with Crippen LogP contribution in [0.15, 0.2) is 51.6 Å².